The first-order valence-electron chi connectivity index (χ1n) is 6.33. The van der Waals surface area contributed by atoms with Gasteiger partial charge in [-0.25, -0.2) is 4.39 Å². The SMILES string of the molecule is O=C(O)Cc1c(-c2ccccc2F)[nH]c2ccc(I)cc12. The highest BCUT2D eigenvalue weighted by Crippen LogP contribution is 2.33. The molecule has 0 unspecified atom stereocenters. The van der Waals surface area contributed by atoms with Gasteiger partial charge in [-0.05, 0) is 58.5 Å². The van der Waals surface area contributed by atoms with Crippen LogP contribution in [0.15, 0.2) is 42.5 Å². The smallest absolute Gasteiger partial charge is 0.307 e. The molecule has 0 bridgehead atoms. The van der Waals surface area contributed by atoms with E-state index in [1.807, 2.05) is 18.2 Å². The van der Waals surface area contributed by atoms with Gasteiger partial charge in [0.25, 0.3) is 0 Å². The number of H-pyrrole nitrogens is 1. The Morgan fingerprint density at radius 3 is 2.71 bits per heavy atom. The summed E-state index contributed by atoms with van der Waals surface area (Å²) in [5, 5.41) is 9.97. The number of aromatic nitrogens is 1. The fraction of sp³-hybridized carbons (Fsp3) is 0.0625. The first-order valence-corrected chi connectivity index (χ1v) is 7.41. The van der Waals surface area contributed by atoms with Crippen LogP contribution in [0.3, 0.4) is 0 Å². The van der Waals surface area contributed by atoms with Gasteiger partial charge in [-0.1, -0.05) is 12.1 Å². The molecule has 1 heterocycles. The summed E-state index contributed by atoms with van der Waals surface area (Å²) in [6, 6.07) is 12.1. The van der Waals surface area contributed by atoms with Gasteiger partial charge >= 0.3 is 5.97 Å². The number of carboxylic acid groups (broad SMARTS) is 1. The molecular weight excluding hydrogens is 384 g/mol. The van der Waals surface area contributed by atoms with Crippen LogP contribution in [0.25, 0.3) is 22.2 Å². The Labute approximate surface area is 133 Å². The van der Waals surface area contributed by atoms with Gasteiger partial charge < -0.3 is 10.1 Å². The third-order valence-electron chi connectivity index (χ3n) is 3.34. The normalized spacial score (nSPS) is 11.0. The summed E-state index contributed by atoms with van der Waals surface area (Å²) >= 11 is 2.17. The summed E-state index contributed by atoms with van der Waals surface area (Å²) in [5.41, 5.74) is 2.35. The standard InChI is InChI=1S/C16H11FINO2/c17-13-4-2-1-3-10(13)16-12(8-15(20)21)11-7-9(18)5-6-14(11)19-16/h1-7,19H,8H2,(H,20,21). The molecule has 0 amide bonds. The number of rotatable bonds is 3. The van der Waals surface area contributed by atoms with E-state index in [0.29, 0.717) is 16.8 Å². The summed E-state index contributed by atoms with van der Waals surface area (Å²) in [4.78, 5) is 14.3. The zero-order valence-electron chi connectivity index (χ0n) is 10.9. The number of carboxylic acids is 1. The maximum absolute atomic E-state index is 14.0. The Balaban J connectivity index is 2.31. The van der Waals surface area contributed by atoms with Crippen LogP contribution in [0.2, 0.25) is 0 Å². The molecule has 0 spiro atoms. The summed E-state index contributed by atoms with van der Waals surface area (Å²) in [6.07, 6.45) is -0.149. The van der Waals surface area contributed by atoms with Gasteiger partial charge in [-0.2, -0.15) is 0 Å². The van der Waals surface area contributed by atoms with E-state index in [9.17, 15) is 9.18 Å². The van der Waals surface area contributed by atoms with Gasteiger partial charge in [0.1, 0.15) is 5.82 Å². The first-order chi connectivity index (χ1) is 10.1. The topological polar surface area (TPSA) is 53.1 Å². The third-order valence-corrected chi connectivity index (χ3v) is 4.01. The Morgan fingerprint density at radius 2 is 2.00 bits per heavy atom. The monoisotopic (exact) mass is 395 g/mol. The number of aromatic amines is 1. The van der Waals surface area contributed by atoms with Crippen molar-refractivity contribution in [2.24, 2.45) is 0 Å². The van der Waals surface area contributed by atoms with E-state index in [2.05, 4.69) is 27.6 Å². The Bertz CT molecular complexity index is 841. The van der Waals surface area contributed by atoms with Crippen LogP contribution < -0.4 is 0 Å². The van der Waals surface area contributed by atoms with Gasteiger partial charge in [-0.3, -0.25) is 4.79 Å². The highest BCUT2D eigenvalue weighted by Gasteiger charge is 2.18. The van der Waals surface area contributed by atoms with Crippen LogP contribution in [0, 0.1) is 9.39 Å². The molecule has 3 aromatic rings. The van der Waals surface area contributed by atoms with E-state index in [4.69, 9.17) is 5.11 Å². The number of hydrogen-bond acceptors (Lipinski definition) is 1. The highest BCUT2D eigenvalue weighted by atomic mass is 127. The van der Waals surface area contributed by atoms with E-state index in [-0.39, 0.29) is 12.2 Å². The van der Waals surface area contributed by atoms with E-state index < -0.39 is 5.97 Å². The number of benzene rings is 2. The fourth-order valence-corrected chi connectivity index (χ4v) is 2.94. The molecule has 0 saturated carbocycles. The van der Waals surface area contributed by atoms with Crippen LogP contribution in [0.4, 0.5) is 4.39 Å². The number of fused-ring (bicyclic) bond motifs is 1. The minimum atomic E-state index is -0.938. The average molecular weight is 395 g/mol. The second kappa shape index (κ2) is 5.48. The molecule has 3 rings (SSSR count). The first kappa shape index (κ1) is 14.1. The van der Waals surface area contributed by atoms with Crippen molar-refractivity contribution in [2.45, 2.75) is 6.42 Å². The van der Waals surface area contributed by atoms with Gasteiger partial charge in [0.15, 0.2) is 0 Å². The molecule has 1 aromatic heterocycles. The van der Waals surface area contributed by atoms with E-state index >= 15 is 0 Å². The lowest BCUT2D eigenvalue weighted by molar-refractivity contribution is -0.136. The Kier molecular flexibility index (Phi) is 3.67. The molecular formula is C16H11FINO2. The summed E-state index contributed by atoms with van der Waals surface area (Å²) < 4.78 is 15.0. The molecule has 0 aliphatic heterocycles. The molecule has 0 saturated heterocycles. The maximum atomic E-state index is 14.0. The molecule has 2 N–H and O–H groups in total. The molecule has 0 fully saturated rings. The molecule has 3 nitrogen and oxygen atoms in total. The van der Waals surface area contributed by atoms with Gasteiger partial charge in [0.05, 0.1) is 12.1 Å². The number of nitrogens with one attached hydrogen (secondary N) is 1. The van der Waals surface area contributed by atoms with Crippen LogP contribution >= 0.6 is 22.6 Å². The predicted octanol–water partition coefficient (Wildman–Crippen LogP) is 4.21. The fourth-order valence-electron chi connectivity index (χ4n) is 2.45. The van der Waals surface area contributed by atoms with Crippen molar-refractivity contribution in [1.29, 1.82) is 0 Å². The Hall–Kier alpha value is -1.89. The predicted molar refractivity (Wildman–Crippen MR) is 87.7 cm³/mol. The lowest BCUT2D eigenvalue weighted by atomic mass is 10.0. The summed E-state index contributed by atoms with van der Waals surface area (Å²) in [6.45, 7) is 0. The van der Waals surface area contributed by atoms with E-state index in [1.165, 1.54) is 6.07 Å². The summed E-state index contributed by atoms with van der Waals surface area (Å²) in [7, 11) is 0. The molecule has 21 heavy (non-hydrogen) atoms. The van der Waals surface area contributed by atoms with E-state index in [0.717, 1.165) is 14.5 Å². The molecule has 2 aromatic carbocycles. The second-order valence-corrected chi connectivity index (χ2v) is 5.96. The highest BCUT2D eigenvalue weighted by molar-refractivity contribution is 14.1. The Morgan fingerprint density at radius 1 is 1.24 bits per heavy atom. The maximum Gasteiger partial charge on any atom is 0.307 e. The minimum absolute atomic E-state index is 0.149. The van der Waals surface area contributed by atoms with Crippen LogP contribution in [-0.2, 0) is 11.2 Å². The lowest BCUT2D eigenvalue weighted by Crippen LogP contribution is -2.01. The number of aliphatic carboxylic acids is 1. The zero-order valence-corrected chi connectivity index (χ0v) is 13.0. The van der Waals surface area contributed by atoms with Crippen LogP contribution in [-0.4, -0.2) is 16.1 Å². The van der Waals surface area contributed by atoms with Gasteiger partial charge in [0.2, 0.25) is 0 Å². The van der Waals surface area contributed by atoms with Crippen molar-refractivity contribution in [3.05, 3.63) is 57.4 Å². The number of halogens is 2. The van der Waals surface area contributed by atoms with Crippen molar-refractivity contribution in [1.82, 2.24) is 4.98 Å². The molecule has 0 atom stereocenters. The van der Waals surface area contributed by atoms with Crippen molar-refractivity contribution in [2.75, 3.05) is 0 Å². The van der Waals surface area contributed by atoms with E-state index in [1.54, 1.807) is 18.2 Å². The largest absolute Gasteiger partial charge is 0.481 e. The molecule has 0 radical (unpaired) electrons. The average Bonchev–Trinajstić information content (AvgIpc) is 2.77. The number of carbonyl (C=O) groups is 1. The number of hydrogen-bond donors (Lipinski definition) is 2. The van der Waals surface area contributed by atoms with Crippen LogP contribution in [0.5, 0.6) is 0 Å². The molecule has 106 valence electrons. The summed E-state index contributed by atoms with van der Waals surface area (Å²) in [5.74, 6) is -1.31. The van der Waals surface area contributed by atoms with Gasteiger partial charge in [-0.15, -0.1) is 0 Å². The van der Waals surface area contributed by atoms with Crippen molar-refractivity contribution in [3.8, 4) is 11.3 Å². The van der Waals surface area contributed by atoms with Gasteiger partial charge in [0, 0.05) is 20.0 Å². The minimum Gasteiger partial charge on any atom is -0.481 e. The van der Waals surface area contributed by atoms with Crippen molar-refractivity contribution in [3.63, 3.8) is 0 Å². The molecule has 0 aliphatic carbocycles. The van der Waals surface area contributed by atoms with Crippen molar-refractivity contribution >= 4 is 39.5 Å². The molecule has 5 heteroatoms. The van der Waals surface area contributed by atoms with Crippen LogP contribution in [0.1, 0.15) is 5.56 Å². The second-order valence-electron chi connectivity index (χ2n) is 4.72. The quantitative estimate of drug-likeness (QED) is 0.653. The lowest BCUT2D eigenvalue weighted by Gasteiger charge is -2.04. The zero-order chi connectivity index (χ0) is 15.0. The van der Waals surface area contributed by atoms with Crippen molar-refractivity contribution < 1.29 is 14.3 Å². The molecule has 0 aliphatic rings. The third kappa shape index (κ3) is 2.65.